The van der Waals surface area contributed by atoms with Gasteiger partial charge >= 0.3 is 12.3 Å². The first-order valence-electron chi connectivity index (χ1n) is 17.2. The molecule has 6 rings (SSSR count). The summed E-state index contributed by atoms with van der Waals surface area (Å²) < 4.78 is 46.2. The monoisotopic (exact) mass is 691 g/mol. The number of nitrogens with zero attached hydrogens (tertiary/aromatic N) is 3. The predicted octanol–water partition coefficient (Wildman–Crippen LogP) is 7.12. The molecular weight excluding hydrogens is 647 g/mol. The van der Waals surface area contributed by atoms with E-state index in [1.807, 2.05) is 13.0 Å². The third kappa shape index (κ3) is 8.22. The Morgan fingerprint density at radius 1 is 1.00 bits per heavy atom. The standard InChI is InChI=1S/C38H44F3N5O4/c1-24(25-6-8-26(9-7-25)31-18-29(38(39,40)41)13-12-28(31)20-43-35(49)50-36(2,3)4)44-33(47)32-19-30(14-16-42-32)46-22-37(23-46)15-5-17-45(21-37)34(48)27-10-11-27/h6-9,12-14,16,18-19,24,27H,5,10-11,15,17,20-23H2,1-4H3,(H,43,49)(H,44,47)/t24-/m1/s1. The van der Waals surface area contributed by atoms with E-state index in [1.165, 1.54) is 6.07 Å². The van der Waals surface area contributed by atoms with Crippen molar-refractivity contribution in [2.45, 2.75) is 77.7 Å². The second kappa shape index (κ2) is 13.6. The number of alkyl carbamates (subject to hydrolysis) is 1. The second-order valence-corrected chi connectivity index (χ2v) is 14.9. The van der Waals surface area contributed by atoms with Crippen LogP contribution in [0.4, 0.5) is 23.7 Å². The van der Waals surface area contributed by atoms with Crippen LogP contribution in [0.15, 0.2) is 60.8 Å². The van der Waals surface area contributed by atoms with Crippen LogP contribution in [0, 0.1) is 11.3 Å². The van der Waals surface area contributed by atoms with Crippen molar-refractivity contribution >= 4 is 23.6 Å². The number of alkyl halides is 3. The first-order chi connectivity index (χ1) is 23.6. The van der Waals surface area contributed by atoms with Gasteiger partial charge in [-0.2, -0.15) is 13.2 Å². The number of carbonyl (C=O) groups is 3. The summed E-state index contributed by atoms with van der Waals surface area (Å²) in [6.07, 6.45) is 0.541. The molecule has 266 valence electrons. The van der Waals surface area contributed by atoms with E-state index in [0.717, 1.165) is 75.2 Å². The van der Waals surface area contributed by atoms with Crippen LogP contribution in [0.3, 0.4) is 0 Å². The Hall–Kier alpha value is -4.61. The third-order valence-corrected chi connectivity index (χ3v) is 9.62. The summed E-state index contributed by atoms with van der Waals surface area (Å²) in [5.74, 6) is 0.194. The highest BCUT2D eigenvalue weighted by molar-refractivity contribution is 5.93. The maximum atomic E-state index is 13.6. The van der Waals surface area contributed by atoms with Gasteiger partial charge in [-0.25, -0.2) is 4.79 Å². The van der Waals surface area contributed by atoms with Gasteiger partial charge in [-0.15, -0.1) is 0 Å². The molecular formula is C38H44F3N5O4. The summed E-state index contributed by atoms with van der Waals surface area (Å²) in [7, 11) is 0. The van der Waals surface area contributed by atoms with Gasteiger partial charge in [0.15, 0.2) is 0 Å². The van der Waals surface area contributed by atoms with Crippen molar-refractivity contribution in [3.63, 3.8) is 0 Å². The largest absolute Gasteiger partial charge is 0.444 e. The molecule has 1 aliphatic carbocycles. The molecule has 50 heavy (non-hydrogen) atoms. The lowest BCUT2D eigenvalue weighted by Crippen LogP contribution is -2.63. The van der Waals surface area contributed by atoms with Crippen LogP contribution < -0.4 is 15.5 Å². The van der Waals surface area contributed by atoms with Crippen LogP contribution in [0.2, 0.25) is 0 Å². The van der Waals surface area contributed by atoms with Crippen LogP contribution in [0.1, 0.15) is 86.6 Å². The van der Waals surface area contributed by atoms with E-state index in [1.54, 1.807) is 57.3 Å². The van der Waals surface area contributed by atoms with Crippen molar-refractivity contribution in [3.8, 4) is 11.1 Å². The number of aromatic nitrogens is 1. The van der Waals surface area contributed by atoms with Crippen LogP contribution >= 0.6 is 0 Å². The second-order valence-electron chi connectivity index (χ2n) is 14.9. The molecule has 9 nitrogen and oxygen atoms in total. The number of amides is 3. The first-order valence-corrected chi connectivity index (χ1v) is 17.2. The maximum absolute atomic E-state index is 13.6. The molecule has 2 aromatic carbocycles. The Balaban J connectivity index is 1.09. The van der Waals surface area contributed by atoms with E-state index >= 15 is 0 Å². The van der Waals surface area contributed by atoms with Gasteiger partial charge in [-0.1, -0.05) is 30.3 Å². The van der Waals surface area contributed by atoms with E-state index in [-0.39, 0.29) is 29.5 Å². The van der Waals surface area contributed by atoms with Gasteiger partial charge in [0.1, 0.15) is 11.3 Å². The minimum absolute atomic E-state index is 0.0282. The molecule has 3 amide bonds. The minimum Gasteiger partial charge on any atom is -0.444 e. The molecule has 3 aliphatic rings. The number of likely N-dealkylation sites (tertiary alicyclic amines) is 1. The number of hydrogen-bond acceptors (Lipinski definition) is 6. The van der Waals surface area contributed by atoms with Crippen LogP contribution in [0.5, 0.6) is 0 Å². The molecule has 1 aromatic heterocycles. The maximum Gasteiger partial charge on any atom is 0.416 e. The number of piperidine rings is 1. The molecule has 0 radical (unpaired) electrons. The van der Waals surface area contributed by atoms with Crippen molar-refractivity contribution in [3.05, 3.63) is 83.2 Å². The van der Waals surface area contributed by atoms with Gasteiger partial charge in [0.05, 0.1) is 11.6 Å². The Kier molecular flexibility index (Phi) is 9.58. The van der Waals surface area contributed by atoms with Crippen molar-refractivity contribution in [1.29, 1.82) is 0 Å². The number of rotatable bonds is 8. The number of carbonyl (C=O) groups excluding carboxylic acids is 3. The average molecular weight is 692 g/mol. The number of pyridine rings is 1. The molecule has 3 aromatic rings. The molecule has 2 aliphatic heterocycles. The molecule has 2 saturated heterocycles. The number of benzene rings is 2. The first kappa shape index (κ1) is 35.2. The molecule has 3 heterocycles. The molecule has 0 bridgehead atoms. The van der Waals surface area contributed by atoms with Gasteiger partial charge < -0.3 is 25.2 Å². The molecule has 1 spiro atoms. The van der Waals surface area contributed by atoms with E-state index in [2.05, 4.69) is 25.4 Å². The zero-order valence-electron chi connectivity index (χ0n) is 28.9. The zero-order chi connectivity index (χ0) is 35.8. The van der Waals surface area contributed by atoms with Gasteiger partial charge in [-0.3, -0.25) is 14.6 Å². The number of nitrogens with one attached hydrogen (secondary N) is 2. The Morgan fingerprint density at radius 3 is 2.38 bits per heavy atom. The molecule has 2 N–H and O–H groups in total. The quantitative estimate of drug-likeness (QED) is 0.261. The van der Waals surface area contributed by atoms with Crippen molar-refractivity contribution < 1.29 is 32.3 Å². The fourth-order valence-corrected chi connectivity index (χ4v) is 6.89. The number of hydrogen-bond donors (Lipinski definition) is 2. The summed E-state index contributed by atoms with van der Waals surface area (Å²) in [6.45, 7) is 10.3. The summed E-state index contributed by atoms with van der Waals surface area (Å²) in [5, 5.41) is 5.61. The van der Waals surface area contributed by atoms with Crippen LogP contribution in [-0.4, -0.2) is 59.6 Å². The van der Waals surface area contributed by atoms with E-state index in [9.17, 15) is 27.6 Å². The van der Waals surface area contributed by atoms with Crippen LogP contribution in [-0.2, 0) is 22.3 Å². The minimum atomic E-state index is -4.54. The van der Waals surface area contributed by atoms with Crippen molar-refractivity contribution in [2.75, 3.05) is 31.1 Å². The van der Waals surface area contributed by atoms with E-state index < -0.39 is 29.5 Å². The topological polar surface area (TPSA) is 104 Å². The molecule has 1 saturated carbocycles. The van der Waals surface area contributed by atoms with Gasteiger partial charge in [0.2, 0.25) is 5.91 Å². The zero-order valence-corrected chi connectivity index (χ0v) is 28.9. The molecule has 1 atom stereocenters. The van der Waals surface area contributed by atoms with E-state index in [0.29, 0.717) is 22.6 Å². The highest BCUT2D eigenvalue weighted by Gasteiger charge is 2.48. The van der Waals surface area contributed by atoms with Crippen LogP contribution in [0.25, 0.3) is 11.1 Å². The van der Waals surface area contributed by atoms with Crippen molar-refractivity contribution in [1.82, 2.24) is 20.5 Å². The smallest absolute Gasteiger partial charge is 0.416 e. The summed E-state index contributed by atoms with van der Waals surface area (Å²) >= 11 is 0. The lowest BCUT2D eigenvalue weighted by molar-refractivity contribution is -0.138. The number of ether oxygens (including phenoxy) is 1. The highest BCUT2D eigenvalue weighted by atomic mass is 19.4. The van der Waals surface area contributed by atoms with Gasteiger partial charge in [0.25, 0.3) is 5.91 Å². The molecule has 12 heteroatoms. The van der Waals surface area contributed by atoms with E-state index in [4.69, 9.17) is 4.74 Å². The summed E-state index contributed by atoms with van der Waals surface area (Å²) in [6, 6.07) is 13.6. The number of halogens is 3. The number of anilines is 1. The Bertz CT molecular complexity index is 1740. The summed E-state index contributed by atoms with van der Waals surface area (Å²) in [4.78, 5) is 46.8. The SMILES string of the molecule is C[C@@H](NC(=O)c1cc(N2CC3(CCCN(C(=O)C4CC4)C3)C2)ccn1)c1ccc(-c2cc(C(F)(F)F)ccc2CNC(=O)OC(C)(C)C)cc1. The third-order valence-electron chi connectivity index (χ3n) is 9.62. The average Bonchev–Trinajstić information content (AvgIpc) is 3.91. The summed E-state index contributed by atoms with van der Waals surface area (Å²) in [5.41, 5.74) is 1.87. The fraction of sp³-hybridized carbons (Fsp3) is 0.474. The highest BCUT2D eigenvalue weighted by Crippen LogP contribution is 2.43. The lowest BCUT2D eigenvalue weighted by atomic mass is 9.73. The molecule has 3 fully saturated rings. The van der Waals surface area contributed by atoms with Crippen molar-refractivity contribution in [2.24, 2.45) is 11.3 Å². The fourth-order valence-electron chi connectivity index (χ4n) is 6.89. The lowest BCUT2D eigenvalue weighted by Gasteiger charge is -2.55. The van der Waals surface area contributed by atoms with Gasteiger partial charge in [0, 0.05) is 55.9 Å². The predicted molar refractivity (Wildman–Crippen MR) is 183 cm³/mol. The molecule has 0 unspecified atom stereocenters. The Labute approximate surface area is 290 Å². The normalized spacial score (nSPS) is 17.9. The van der Waals surface area contributed by atoms with Gasteiger partial charge in [-0.05, 0) is 99.9 Å². The Morgan fingerprint density at radius 2 is 1.72 bits per heavy atom.